The van der Waals surface area contributed by atoms with E-state index in [0.29, 0.717) is 18.5 Å². The summed E-state index contributed by atoms with van der Waals surface area (Å²) in [4.78, 5) is 12.6. The number of carbonyl (C=O) groups excluding carboxylic acids is 1. The van der Waals surface area contributed by atoms with Crippen molar-refractivity contribution in [3.8, 4) is 0 Å². The molecule has 0 atom stereocenters. The normalized spacial score (nSPS) is 17.2. The van der Waals surface area contributed by atoms with Crippen LogP contribution in [0, 0.1) is 5.41 Å². The number of aliphatic hydroxyl groups is 1. The molecule has 26 heavy (non-hydrogen) atoms. The lowest BCUT2D eigenvalue weighted by molar-refractivity contribution is 0.0869. The van der Waals surface area contributed by atoms with E-state index in [0.717, 1.165) is 25.7 Å². The molecule has 0 radical (unpaired) electrons. The molecule has 0 aromatic heterocycles. The molecule has 1 aliphatic carbocycles. The van der Waals surface area contributed by atoms with Gasteiger partial charge in [0.15, 0.2) is 0 Å². The number of aliphatic hydroxyl groups excluding tert-OH is 1. The van der Waals surface area contributed by atoms with Crippen LogP contribution < -0.4 is 10.0 Å². The van der Waals surface area contributed by atoms with Crippen molar-refractivity contribution in [2.75, 3.05) is 13.2 Å². The van der Waals surface area contributed by atoms with Gasteiger partial charge in [-0.25, -0.2) is 13.1 Å². The summed E-state index contributed by atoms with van der Waals surface area (Å²) in [5.41, 5.74) is 0.275. The van der Waals surface area contributed by atoms with Gasteiger partial charge >= 0.3 is 0 Å². The van der Waals surface area contributed by atoms with E-state index in [1.807, 2.05) is 0 Å². The first-order chi connectivity index (χ1) is 12.3. The van der Waals surface area contributed by atoms with Crippen LogP contribution >= 0.6 is 0 Å². The van der Waals surface area contributed by atoms with Gasteiger partial charge in [0.1, 0.15) is 0 Å². The molecule has 0 unspecified atom stereocenters. The molecule has 1 fully saturated rings. The van der Waals surface area contributed by atoms with E-state index in [4.69, 9.17) is 0 Å². The smallest absolute Gasteiger partial charge is 0.251 e. The first-order valence-corrected chi connectivity index (χ1v) is 10.8. The second-order valence-electron chi connectivity index (χ2n) is 7.52. The van der Waals surface area contributed by atoms with E-state index in [-0.39, 0.29) is 28.9 Å². The van der Waals surface area contributed by atoms with Gasteiger partial charge in [-0.15, -0.1) is 0 Å². The van der Waals surface area contributed by atoms with Gasteiger partial charge in [0.05, 0.1) is 4.90 Å². The van der Waals surface area contributed by atoms with Crippen molar-refractivity contribution in [3.05, 3.63) is 29.8 Å². The Balaban J connectivity index is 2.09. The lowest BCUT2D eigenvalue weighted by atomic mass is 9.72. The molecule has 146 valence electrons. The number of amides is 1. The summed E-state index contributed by atoms with van der Waals surface area (Å²) < 4.78 is 27.1. The molecule has 0 saturated heterocycles. The van der Waals surface area contributed by atoms with Gasteiger partial charge in [-0.05, 0) is 56.7 Å². The van der Waals surface area contributed by atoms with E-state index in [1.54, 1.807) is 26.0 Å². The van der Waals surface area contributed by atoms with Crippen molar-refractivity contribution in [2.45, 2.75) is 63.3 Å². The largest absolute Gasteiger partial charge is 0.396 e. The number of hydrogen-bond donors (Lipinski definition) is 3. The van der Waals surface area contributed by atoms with Crippen LogP contribution in [0.5, 0.6) is 0 Å². The van der Waals surface area contributed by atoms with Gasteiger partial charge in [-0.3, -0.25) is 4.79 Å². The molecule has 3 N–H and O–H groups in total. The molecular weight excluding hydrogens is 352 g/mol. The summed E-state index contributed by atoms with van der Waals surface area (Å²) >= 11 is 0. The highest BCUT2D eigenvalue weighted by Gasteiger charge is 2.32. The van der Waals surface area contributed by atoms with Crippen molar-refractivity contribution < 1.29 is 18.3 Å². The third-order valence-electron chi connectivity index (χ3n) is 4.98. The molecule has 1 aliphatic rings. The topological polar surface area (TPSA) is 95.5 Å². The Hall–Kier alpha value is -1.44. The van der Waals surface area contributed by atoms with Crippen LogP contribution in [-0.4, -0.2) is 38.6 Å². The maximum Gasteiger partial charge on any atom is 0.251 e. The summed E-state index contributed by atoms with van der Waals surface area (Å²) in [5.74, 6) is -0.283. The van der Waals surface area contributed by atoms with E-state index in [2.05, 4.69) is 10.0 Å². The molecule has 0 spiro atoms. The SMILES string of the molecule is CC(C)NS(=O)(=O)c1cccc(C(=O)NCC2(CCO)CCCCC2)c1. The van der Waals surface area contributed by atoms with Crippen LogP contribution in [0.2, 0.25) is 0 Å². The van der Waals surface area contributed by atoms with E-state index >= 15 is 0 Å². The highest BCUT2D eigenvalue weighted by atomic mass is 32.2. The van der Waals surface area contributed by atoms with Gasteiger partial charge in [0.25, 0.3) is 5.91 Å². The number of carbonyl (C=O) groups is 1. The minimum atomic E-state index is -3.63. The predicted molar refractivity (Wildman–Crippen MR) is 101 cm³/mol. The minimum Gasteiger partial charge on any atom is -0.396 e. The molecule has 0 bridgehead atoms. The average Bonchev–Trinajstić information content (AvgIpc) is 2.60. The van der Waals surface area contributed by atoms with Crippen LogP contribution in [-0.2, 0) is 10.0 Å². The standard InChI is InChI=1S/C19H30N2O4S/c1-15(2)21-26(24,25)17-8-6-7-16(13-17)18(23)20-14-19(11-12-22)9-4-3-5-10-19/h6-8,13,15,21-22H,3-5,9-12,14H2,1-2H3,(H,20,23). The molecule has 1 saturated carbocycles. The van der Waals surface area contributed by atoms with Crippen molar-refractivity contribution >= 4 is 15.9 Å². The Morgan fingerprint density at radius 2 is 1.92 bits per heavy atom. The summed E-state index contributed by atoms with van der Waals surface area (Å²) in [7, 11) is -3.63. The molecule has 6 nitrogen and oxygen atoms in total. The fraction of sp³-hybridized carbons (Fsp3) is 0.632. The van der Waals surface area contributed by atoms with Gasteiger partial charge in [-0.2, -0.15) is 0 Å². The van der Waals surface area contributed by atoms with Crippen molar-refractivity contribution in [3.63, 3.8) is 0 Å². The fourth-order valence-electron chi connectivity index (χ4n) is 3.61. The molecule has 2 rings (SSSR count). The van der Waals surface area contributed by atoms with Crippen LogP contribution in [0.4, 0.5) is 0 Å². The van der Waals surface area contributed by atoms with Crippen molar-refractivity contribution in [2.24, 2.45) is 5.41 Å². The zero-order valence-electron chi connectivity index (χ0n) is 15.6. The Kier molecular flexibility index (Phi) is 7.20. The Labute approximate surface area is 156 Å². The molecule has 0 aliphatic heterocycles. The molecule has 1 amide bonds. The predicted octanol–water partition coefficient (Wildman–Crippen LogP) is 2.44. The summed E-state index contributed by atoms with van der Waals surface area (Å²) in [6.45, 7) is 4.12. The number of nitrogens with one attached hydrogen (secondary N) is 2. The molecular formula is C19H30N2O4S. The van der Waals surface area contributed by atoms with Crippen molar-refractivity contribution in [1.29, 1.82) is 0 Å². The second kappa shape index (κ2) is 8.97. The maximum absolute atomic E-state index is 12.5. The zero-order chi connectivity index (χ0) is 19.2. The molecule has 0 heterocycles. The van der Waals surface area contributed by atoms with Crippen molar-refractivity contribution in [1.82, 2.24) is 10.0 Å². The van der Waals surface area contributed by atoms with E-state index < -0.39 is 10.0 Å². The van der Waals surface area contributed by atoms with Gasteiger partial charge < -0.3 is 10.4 Å². The second-order valence-corrected chi connectivity index (χ2v) is 9.23. The highest BCUT2D eigenvalue weighted by molar-refractivity contribution is 7.89. The lowest BCUT2D eigenvalue weighted by Crippen LogP contribution is -2.39. The third-order valence-corrected chi connectivity index (χ3v) is 6.63. The van der Waals surface area contributed by atoms with Gasteiger partial charge in [0.2, 0.25) is 10.0 Å². The van der Waals surface area contributed by atoms with Crippen LogP contribution in [0.15, 0.2) is 29.2 Å². The third kappa shape index (κ3) is 5.53. The molecule has 1 aromatic rings. The summed E-state index contributed by atoms with van der Waals surface area (Å²) in [5, 5.41) is 12.3. The first-order valence-electron chi connectivity index (χ1n) is 9.29. The van der Waals surface area contributed by atoms with Gasteiger partial charge in [0, 0.05) is 24.8 Å². The quantitative estimate of drug-likeness (QED) is 0.643. The Morgan fingerprint density at radius 1 is 1.23 bits per heavy atom. The Morgan fingerprint density at radius 3 is 2.54 bits per heavy atom. The van der Waals surface area contributed by atoms with Crippen LogP contribution in [0.25, 0.3) is 0 Å². The van der Waals surface area contributed by atoms with Crippen LogP contribution in [0.3, 0.4) is 0 Å². The number of rotatable bonds is 8. The monoisotopic (exact) mass is 382 g/mol. The number of hydrogen-bond acceptors (Lipinski definition) is 4. The number of benzene rings is 1. The van der Waals surface area contributed by atoms with Crippen LogP contribution in [0.1, 0.15) is 62.7 Å². The summed E-state index contributed by atoms with van der Waals surface area (Å²) in [6, 6.07) is 5.86. The first kappa shape index (κ1) is 20.9. The minimum absolute atomic E-state index is 0.0501. The number of sulfonamides is 1. The lowest BCUT2D eigenvalue weighted by Gasteiger charge is -2.37. The van der Waals surface area contributed by atoms with E-state index in [1.165, 1.54) is 18.6 Å². The fourth-order valence-corrected chi connectivity index (χ4v) is 4.90. The zero-order valence-corrected chi connectivity index (χ0v) is 16.4. The van der Waals surface area contributed by atoms with Gasteiger partial charge in [-0.1, -0.05) is 25.3 Å². The molecule has 7 heteroatoms. The highest BCUT2D eigenvalue weighted by Crippen LogP contribution is 2.38. The Bertz CT molecular complexity index is 704. The summed E-state index contributed by atoms with van der Waals surface area (Å²) in [6.07, 6.45) is 6.11. The molecule has 1 aromatic carbocycles. The van der Waals surface area contributed by atoms with E-state index in [9.17, 15) is 18.3 Å². The average molecular weight is 383 g/mol. The maximum atomic E-state index is 12.5.